The summed E-state index contributed by atoms with van der Waals surface area (Å²) in [6, 6.07) is 0.542. The van der Waals surface area contributed by atoms with Crippen LogP contribution in [0.1, 0.15) is 25.7 Å². The first-order valence-corrected chi connectivity index (χ1v) is 6.68. The standard InChI is InChI=1S/C13H21N3O/c14-5-10(6-16-11-3-4-11)13-8-15-7-12(17-13)9-1-2-9/h5-6,9,11-13,15H,1-4,7-8,14H2/t12-,13+/m0/s1. The molecule has 0 spiro atoms. The van der Waals surface area contributed by atoms with Gasteiger partial charge in [0, 0.05) is 31.1 Å². The minimum atomic E-state index is 0.0850. The van der Waals surface area contributed by atoms with Crippen molar-refractivity contribution in [1.29, 1.82) is 0 Å². The van der Waals surface area contributed by atoms with E-state index in [1.165, 1.54) is 25.7 Å². The summed E-state index contributed by atoms with van der Waals surface area (Å²) < 4.78 is 6.11. The minimum Gasteiger partial charge on any atom is -0.404 e. The Labute approximate surface area is 102 Å². The van der Waals surface area contributed by atoms with Crippen LogP contribution >= 0.6 is 0 Å². The molecule has 2 aliphatic carbocycles. The van der Waals surface area contributed by atoms with E-state index in [1.807, 2.05) is 6.21 Å². The monoisotopic (exact) mass is 235 g/mol. The van der Waals surface area contributed by atoms with Gasteiger partial charge in [0.1, 0.15) is 0 Å². The molecule has 0 bridgehead atoms. The lowest BCUT2D eigenvalue weighted by Crippen LogP contribution is -2.46. The molecule has 0 amide bonds. The summed E-state index contributed by atoms with van der Waals surface area (Å²) in [4.78, 5) is 4.49. The normalized spacial score (nSPS) is 35.4. The van der Waals surface area contributed by atoms with Gasteiger partial charge < -0.3 is 15.8 Å². The first-order chi connectivity index (χ1) is 8.36. The highest BCUT2D eigenvalue weighted by Gasteiger charge is 2.36. The molecule has 3 aliphatic rings. The number of nitrogens with one attached hydrogen (secondary N) is 1. The van der Waals surface area contributed by atoms with Gasteiger partial charge in [-0.1, -0.05) is 0 Å². The first-order valence-electron chi connectivity index (χ1n) is 6.68. The largest absolute Gasteiger partial charge is 0.404 e. The highest BCUT2D eigenvalue weighted by Crippen LogP contribution is 2.36. The average molecular weight is 235 g/mol. The van der Waals surface area contributed by atoms with Crippen molar-refractivity contribution in [2.75, 3.05) is 13.1 Å². The SMILES string of the molecule is NC=C(C=NC1CC1)[C@H]1CNC[C@@H](C2CC2)O1. The average Bonchev–Trinajstić information content (AvgIpc) is 3.23. The fourth-order valence-corrected chi connectivity index (χ4v) is 2.25. The molecule has 3 fully saturated rings. The van der Waals surface area contributed by atoms with Crippen LogP contribution in [-0.2, 0) is 4.74 Å². The molecule has 0 aromatic heterocycles. The summed E-state index contributed by atoms with van der Waals surface area (Å²) in [5, 5.41) is 3.44. The van der Waals surface area contributed by atoms with Crippen molar-refractivity contribution in [3.05, 3.63) is 11.8 Å². The van der Waals surface area contributed by atoms with Gasteiger partial charge in [0.05, 0.1) is 18.2 Å². The van der Waals surface area contributed by atoms with Crippen molar-refractivity contribution < 1.29 is 4.74 Å². The smallest absolute Gasteiger partial charge is 0.0982 e. The van der Waals surface area contributed by atoms with E-state index >= 15 is 0 Å². The molecule has 1 heterocycles. The van der Waals surface area contributed by atoms with Gasteiger partial charge in [0.2, 0.25) is 0 Å². The summed E-state index contributed by atoms with van der Waals surface area (Å²) in [6.45, 7) is 1.84. The van der Waals surface area contributed by atoms with E-state index in [1.54, 1.807) is 6.20 Å². The molecule has 2 atom stereocenters. The number of nitrogens with two attached hydrogens (primary N) is 1. The third-order valence-corrected chi connectivity index (χ3v) is 3.71. The fourth-order valence-electron chi connectivity index (χ4n) is 2.25. The first kappa shape index (κ1) is 11.2. The Morgan fingerprint density at radius 1 is 1.24 bits per heavy atom. The number of aliphatic imine (C=N–C) groups is 1. The summed E-state index contributed by atoms with van der Waals surface area (Å²) in [6.07, 6.45) is 9.10. The zero-order valence-electron chi connectivity index (χ0n) is 10.1. The van der Waals surface area contributed by atoms with Crippen molar-refractivity contribution in [3.63, 3.8) is 0 Å². The Kier molecular flexibility index (Phi) is 3.16. The lowest BCUT2D eigenvalue weighted by Gasteiger charge is -2.31. The molecule has 0 unspecified atom stereocenters. The van der Waals surface area contributed by atoms with Gasteiger partial charge in [-0.05, 0) is 31.6 Å². The molecule has 2 saturated carbocycles. The van der Waals surface area contributed by atoms with Crippen molar-refractivity contribution >= 4 is 6.21 Å². The Hall–Kier alpha value is -0.870. The van der Waals surface area contributed by atoms with Crippen molar-refractivity contribution in [1.82, 2.24) is 5.32 Å². The zero-order valence-corrected chi connectivity index (χ0v) is 10.1. The minimum absolute atomic E-state index is 0.0850. The summed E-state index contributed by atoms with van der Waals surface area (Å²) in [5.41, 5.74) is 6.71. The molecule has 1 saturated heterocycles. The van der Waals surface area contributed by atoms with Crippen LogP contribution in [0.15, 0.2) is 16.8 Å². The Balaban J connectivity index is 1.60. The van der Waals surface area contributed by atoms with Gasteiger partial charge in [-0.2, -0.15) is 0 Å². The van der Waals surface area contributed by atoms with Crippen LogP contribution < -0.4 is 11.1 Å². The van der Waals surface area contributed by atoms with E-state index in [9.17, 15) is 0 Å². The number of ether oxygens (including phenoxy) is 1. The Bertz CT molecular complexity index is 332. The molecule has 0 aromatic carbocycles. The van der Waals surface area contributed by atoms with Gasteiger partial charge in [-0.25, -0.2) is 0 Å². The molecule has 3 rings (SSSR count). The summed E-state index contributed by atoms with van der Waals surface area (Å²) in [7, 11) is 0. The number of morpholine rings is 1. The maximum atomic E-state index is 6.11. The number of rotatable bonds is 4. The summed E-state index contributed by atoms with van der Waals surface area (Å²) in [5.74, 6) is 0.768. The number of nitrogens with zero attached hydrogens (tertiary/aromatic N) is 1. The third-order valence-electron chi connectivity index (χ3n) is 3.71. The van der Waals surface area contributed by atoms with Crippen LogP contribution in [-0.4, -0.2) is 37.6 Å². The lowest BCUT2D eigenvalue weighted by atomic mass is 10.1. The van der Waals surface area contributed by atoms with E-state index in [4.69, 9.17) is 10.5 Å². The topological polar surface area (TPSA) is 59.6 Å². The van der Waals surface area contributed by atoms with E-state index in [0.717, 1.165) is 24.6 Å². The van der Waals surface area contributed by atoms with E-state index < -0.39 is 0 Å². The van der Waals surface area contributed by atoms with Crippen LogP contribution in [0.3, 0.4) is 0 Å². The van der Waals surface area contributed by atoms with Gasteiger partial charge in [0.25, 0.3) is 0 Å². The number of hydrogen-bond acceptors (Lipinski definition) is 4. The lowest BCUT2D eigenvalue weighted by molar-refractivity contribution is -0.0268. The molecule has 17 heavy (non-hydrogen) atoms. The molecule has 4 heteroatoms. The molecule has 1 aliphatic heterocycles. The highest BCUT2D eigenvalue weighted by atomic mass is 16.5. The molecule has 0 aromatic rings. The van der Waals surface area contributed by atoms with Crippen molar-refractivity contribution in [2.45, 2.75) is 43.9 Å². The predicted octanol–water partition coefficient (Wildman–Crippen LogP) is 0.829. The quantitative estimate of drug-likeness (QED) is 0.710. The van der Waals surface area contributed by atoms with Crippen LogP contribution in [0.25, 0.3) is 0 Å². The molecule has 4 nitrogen and oxygen atoms in total. The van der Waals surface area contributed by atoms with Gasteiger partial charge in [-0.15, -0.1) is 0 Å². The predicted molar refractivity (Wildman–Crippen MR) is 68.0 cm³/mol. The van der Waals surface area contributed by atoms with Gasteiger partial charge in [-0.3, -0.25) is 4.99 Å². The van der Waals surface area contributed by atoms with Crippen molar-refractivity contribution in [3.8, 4) is 0 Å². The Morgan fingerprint density at radius 3 is 2.71 bits per heavy atom. The molecule has 0 radical (unpaired) electrons. The maximum absolute atomic E-state index is 6.11. The third kappa shape index (κ3) is 2.87. The molecule has 94 valence electrons. The second-order valence-corrected chi connectivity index (χ2v) is 5.33. The highest BCUT2D eigenvalue weighted by molar-refractivity contribution is 5.80. The van der Waals surface area contributed by atoms with Gasteiger partial charge >= 0.3 is 0 Å². The maximum Gasteiger partial charge on any atom is 0.0982 e. The van der Waals surface area contributed by atoms with Crippen LogP contribution in [0.5, 0.6) is 0 Å². The fraction of sp³-hybridized carbons (Fsp3) is 0.769. The van der Waals surface area contributed by atoms with E-state index in [-0.39, 0.29) is 6.10 Å². The van der Waals surface area contributed by atoms with Crippen LogP contribution in [0, 0.1) is 5.92 Å². The van der Waals surface area contributed by atoms with Crippen LogP contribution in [0.4, 0.5) is 0 Å². The van der Waals surface area contributed by atoms with E-state index in [2.05, 4.69) is 10.3 Å². The molecular formula is C13H21N3O. The second-order valence-electron chi connectivity index (χ2n) is 5.33. The Morgan fingerprint density at radius 2 is 2.06 bits per heavy atom. The molecule has 3 N–H and O–H groups in total. The summed E-state index contributed by atoms with van der Waals surface area (Å²) >= 11 is 0. The van der Waals surface area contributed by atoms with Crippen LogP contribution in [0.2, 0.25) is 0 Å². The second kappa shape index (κ2) is 4.78. The molecular weight excluding hydrogens is 214 g/mol. The number of hydrogen-bond donors (Lipinski definition) is 2. The van der Waals surface area contributed by atoms with Crippen molar-refractivity contribution in [2.24, 2.45) is 16.6 Å². The van der Waals surface area contributed by atoms with E-state index in [0.29, 0.717) is 12.1 Å². The van der Waals surface area contributed by atoms with Gasteiger partial charge in [0.15, 0.2) is 0 Å². The zero-order chi connectivity index (χ0) is 11.7.